The van der Waals surface area contributed by atoms with Crippen LogP contribution in [0.3, 0.4) is 0 Å². The first kappa shape index (κ1) is 4.05. The Bertz CT molecular complexity index is 120. The Kier molecular flexibility index (Phi) is 0.898. The van der Waals surface area contributed by atoms with Crippen molar-refractivity contribution in [2.75, 3.05) is 0 Å². The molecule has 0 spiro atoms. The van der Waals surface area contributed by atoms with Crippen molar-refractivity contribution in [3.63, 3.8) is 0 Å². The number of hydrogen-bond donors (Lipinski definition) is 0. The molecule has 0 fully saturated rings. The van der Waals surface area contributed by atoms with Crippen molar-refractivity contribution in [1.82, 2.24) is 0 Å². The van der Waals surface area contributed by atoms with Gasteiger partial charge >= 0.3 is 0 Å². The van der Waals surface area contributed by atoms with Crippen LogP contribution in [0.25, 0.3) is 5.41 Å². The van der Waals surface area contributed by atoms with E-state index in [4.69, 9.17) is 5.41 Å². The van der Waals surface area contributed by atoms with Gasteiger partial charge in [-0.15, -0.1) is 0 Å². The lowest BCUT2D eigenvalue weighted by Gasteiger charge is -1.96. The number of nitrogens with zero attached hydrogens (tertiary/aromatic N) is 3. The van der Waals surface area contributed by atoms with Crippen molar-refractivity contribution in [2.45, 2.75) is 0 Å². The normalized spacial score (nSPS) is 16.9. The van der Waals surface area contributed by atoms with Gasteiger partial charge in [-0.1, -0.05) is 0 Å². The zero-order chi connectivity index (χ0) is 5.11. The van der Waals surface area contributed by atoms with Gasteiger partial charge in [0.1, 0.15) is 18.9 Å². The summed E-state index contributed by atoms with van der Waals surface area (Å²) < 4.78 is 0. The minimum Gasteiger partial charge on any atom is -0.345 e. The van der Waals surface area contributed by atoms with E-state index in [1.165, 1.54) is 12.4 Å². The number of rotatable bonds is 0. The molecule has 1 aliphatic heterocycles. The molecule has 0 radical (unpaired) electrons. The lowest BCUT2D eigenvalue weighted by molar-refractivity contribution is 1.57. The summed E-state index contributed by atoms with van der Waals surface area (Å²) in [5, 5.41) is 8.41. The number of guanidine groups is 1. The smallest absolute Gasteiger partial charge is 0.139 e. The minimum absolute atomic E-state index is 0.178. The summed E-state index contributed by atoms with van der Waals surface area (Å²) in [6.07, 6.45) is 4.59. The molecule has 0 aromatic heterocycles. The lowest BCUT2D eigenvalue weighted by atomic mass is 10.5. The maximum Gasteiger partial charge on any atom is 0.139 e. The Hall–Kier alpha value is -1.12. The molecule has 0 aliphatic carbocycles. The van der Waals surface area contributed by atoms with E-state index in [2.05, 4.69) is 9.98 Å². The molecule has 0 saturated heterocycles. The largest absolute Gasteiger partial charge is 0.345 e. The molecular weight excluding hydrogens is 90.1 g/mol. The Morgan fingerprint density at radius 3 is 2.29 bits per heavy atom. The summed E-state index contributed by atoms with van der Waals surface area (Å²) in [6.45, 7) is 0. The molecule has 0 bridgehead atoms. The molecule has 7 heavy (non-hydrogen) atoms. The SMILES string of the molecule is [N-]=C1N=C[CH+]C=N1. The third kappa shape index (κ3) is 0.855. The van der Waals surface area contributed by atoms with Crippen LogP contribution in [0, 0.1) is 6.42 Å². The molecular formula is C4H3N3. The fourth-order valence-corrected chi connectivity index (χ4v) is 0.291. The first-order chi connectivity index (χ1) is 3.39. The highest BCUT2D eigenvalue weighted by atomic mass is 15.0. The van der Waals surface area contributed by atoms with Crippen LogP contribution >= 0.6 is 0 Å². The van der Waals surface area contributed by atoms with E-state index >= 15 is 0 Å². The van der Waals surface area contributed by atoms with Gasteiger partial charge in [0.15, 0.2) is 0 Å². The predicted octanol–water partition coefficient (Wildman–Crippen LogP) is 0.271. The van der Waals surface area contributed by atoms with E-state index in [-0.39, 0.29) is 5.96 Å². The van der Waals surface area contributed by atoms with Crippen LogP contribution in [0.1, 0.15) is 0 Å². The Balaban J connectivity index is 2.66. The first-order valence-electron chi connectivity index (χ1n) is 1.85. The van der Waals surface area contributed by atoms with Crippen molar-refractivity contribution in [1.29, 1.82) is 0 Å². The highest BCUT2D eigenvalue weighted by Crippen LogP contribution is 1.83. The van der Waals surface area contributed by atoms with Gasteiger partial charge in [0.25, 0.3) is 0 Å². The summed E-state index contributed by atoms with van der Waals surface area (Å²) in [7, 11) is 0. The topological polar surface area (TPSA) is 47.0 Å². The third-order valence-corrected chi connectivity index (χ3v) is 0.552. The molecule has 0 saturated carbocycles. The monoisotopic (exact) mass is 93.0 g/mol. The second kappa shape index (κ2) is 1.55. The molecule has 0 N–H and O–H groups in total. The average Bonchev–Trinajstić information content (AvgIpc) is 1.69. The fraction of sp³-hybridized carbons (Fsp3) is 0. The standard InChI is InChI=1S/C4H3N3/c5-4-6-2-1-3-7-4/h1-3H. The van der Waals surface area contributed by atoms with E-state index in [1.54, 1.807) is 6.42 Å². The zero-order valence-corrected chi connectivity index (χ0v) is 3.57. The summed E-state index contributed by atoms with van der Waals surface area (Å²) in [5.41, 5.74) is 0. The van der Waals surface area contributed by atoms with Gasteiger partial charge in [0.05, 0.1) is 0 Å². The second-order valence-electron chi connectivity index (χ2n) is 1.05. The minimum atomic E-state index is -0.178. The summed E-state index contributed by atoms with van der Waals surface area (Å²) in [4.78, 5) is 6.85. The van der Waals surface area contributed by atoms with Crippen LogP contribution < -0.4 is 0 Å². The molecule has 1 rings (SSSR count). The first-order valence-corrected chi connectivity index (χ1v) is 1.85. The van der Waals surface area contributed by atoms with Crippen LogP contribution in [-0.4, -0.2) is 18.4 Å². The molecule has 1 aliphatic rings. The van der Waals surface area contributed by atoms with Gasteiger partial charge < -0.3 is 15.4 Å². The summed E-state index contributed by atoms with van der Waals surface area (Å²) in [5.74, 6) is -0.178. The number of hydrogen-bond acceptors (Lipinski definition) is 0. The van der Waals surface area contributed by atoms with E-state index in [1.807, 2.05) is 0 Å². The van der Waals surface area contributed by atoms with E-state index in [9.17, 15) is 0 Å². The van der Waals surface area contributed by atoms with E-state index in [0.29, 0.717) is 0 Å². The van der Waals surface area contributed by atoms with Crippen molar-refractivity contribution >= 4 is 18.4 Å². The Morgan fingerprint density at radius 1 is 1.43 bits per heavy atom. The molecule has 0 aromatic rings. The molecule has 0 unspecified atom stereocenters. The van der Waals surface area contributed by atoms with Crippen LogP contribution in [0.4, 0.5) is 0 Å². The van der Waals surface area contributed by atoms with Gasteiger partial charge in [0, 0.05) is 5.96 Å². The third-order valence-electron chi connectivity index (χ3n) is 0.552. The van der Waals surface area contributed by atoms with Crippen LogP contribution in [-0.2, 0) is 0 Å². The van der Waals surface area contributed by atoms with Gasteiger partial charge in [-0.3, -0.25) is 0 Å². The van der Waals surface area contributed by atoms with Crippen LogP contribution in [0.5, 0.6) is 0 Å². The van der Waals surface area contributed by atoms with Crippen LogP contribution in [0.15, 0.2) is 9.98 Å². The Labute approximate surface area is 41.3 Å². The Morgan fingerprint density at radius 2 is 2.00 bits per heavy atom. The maximum atomic E-state index is 8.41. The quantitative estimate of drug-likeness (QED) is 0.386. The molecule has 3 nitrogen and oxygen atoms in total. The van der Waals surface area contributed by atoms with Gasteiger partial charge in [0.2, 0.25) is 0 Å². The molecule has 1 heterocycles. The van der Waals surface area contributed by atoms with Crippen LogP contribution in [0.2, 0.25) is 0 Å². The van der Waals surface area contributed by atoms with Crippen molar-refractivity contribution in [2.24, 2.45) is 9.98 Å². The zero-order valence-electron chi connectivity index (χ0n) is 3.57. The average molecular weight is 93.1 g/mol. The van der Waals surface area contributed by atoms with Gasteiger partial charge in [-0.2, -0.15) is 0 Å². The van der Waals surface area contributed by atoms with E-state index < -0.39 is 0 Å². The van der Waals surface area contributed by atoms with Crippen molar-refractivity contribution in [3.8, 4) is 0 Å². The molecule has 0 aromatic carbocycles. The summed E-state index contributed by atoms with van der Waals surface area (Å²) in [6, 6.07) is 0. The number of aliphatic imine (C=N–C) groups is 2. The fourth-order valence-electron chi connectivity index (χ4n) is 0.291. The maximum absolute atomic E-state index is 8.41. The van der Waals surface area contributed by atoms with Crippen molar-refractivity contribution < 1.29 is 0 Å². The van der Waals surface area contributed by atoms with Crippen molar-refractivity contribution in [3.05, 3.63) is 11.8 Å². The van der Waals surface area contributed by atoms with Gasteiger partial charge in [-0.05, 0) is 0 Å². The van der Waals surface area contributed by atoms with E-state index in [0.717, 1.165) is 0 Å². The molecule has 34 valence electrons. The molecule has 3 heteroatoms. The lowest BCUT2D eigenvalue weighted by Crippen LogP contribution is -1.94. The molecule has 0 atom stereocenters. The highest BCUT2D eigenvalue weighted by molar-refractivity contribution is 6.08. The summed E-state index contributed by atoms with van der Waals surface area (Å²) >= 11 is 0. The van der Waals surface area contributed by atoms with Gasteiger partial charge in [-0.25, -0.2) is 0 Å². The second-order valence-corrected chi connectivity index (χ2v) is 1.05. The predicted molar refractivity (Wildman–Crippen MR) is 29.6 cm³/mol. The molecule has 0 amide bonds. The highest BCUT2D eigenvalue weighted by Gasteiger charge is 1.85.